The molecule has 1 aliphatic carbocycles. The van der Waals surface area contributed by atoms with Crippen LogP contribution in [0.1, 0.15) is 44.4 Å². The lowest BCUT2D eigenvalue weighted by Crippen LogP contribution is -2.53. The second kappa shape index (κ2) is 5.51. The van der Waals surface area contributed by atoms with Gasteiger partial charge in [-0.2, -0.15) is 0 Å². The molecule has 17 heavy (non-hydrogen) atoms. The summed E-state index contributed by atoms with van der Waals surface area (Å²) in [7, 11) is 0. The van der Waals surface area contributed by atoms with Crippen LogP contribution in [0.5, 0.6) is 0 Å². The van der Waals surface area contributed by atoms with Crippen molar-refractivity contribution in [2.75, 3.05) is 6.54 Å². The maximum atomic E-state index is 6.09. The standard InChI is InChI=1S/C14H24N2S/c1-3-14(4-2,11-15)16(12-7-8-12)10-13-6-5-9-17-13/h5-6,9,12H,3-4,7-8,10-11,15H2,1-2H3. The number of thiophene rings is 1. The van der Waals surface area contributed by atoms with Gasteiger partial charge in [-0.05, 0) is 37.1 Å². The highest BCUT2D eigenvalue weighted by Gasteiger charge is 2.41. The van der Waals surface area contributed by atoms with E-state index in [2.05, 4.69) is 36.3 Å². The molecule has 0 amide bonds. The Morgan fingerprint density at radius 3 is 2.53 bits per heavy atom. The molecule has 1 aromatic heterocycles. The lowest BCUT2D eigenvalue weighted by atomic mass is 9.90. The average molecular weight is 252 g/mol. The van der Waals surface area contributed by atoms with Gasteiger partial charge < -0.3 is 5.73 Å². The van der Waals surface area contributed by atoms with Gasteiger partial charge in [0.15, 0.2) is 0 Å². The molecule has 1 heterocycles. The number of hydrogen-bond donors (Lipinski definition) is 1. The van der Waals surface area contributed by atoms with E-state index in [0.29, 0.717) is 0 Å². The van der Waals surface area contributed by atoms with E-state index < -0.39 is 0 Å². The van der Waals surface area contributed by atoms with Gasteiger partial charge in [0, 0.05) is 29.5 Å². The van der Waals surface area contributed by atoms with Crippen molar-refractivity contribution in [3.8, 4) is 0 Å². The van der Waals surface area contributed by atoms with Gasteiger partial charge in [-0.25, -0.2) is 0 Å². The minimum Gasteiger partial charge on any atom is -0.329 e. The zero-order valence-electron chi connectivity index (χ0n) is 11.0. The first-order valence-corrected chi connectivity index (χ1v) is 7.63. The van der Waals surface area contributed by atoms with Crippen molar-refractivity contribution in [2.45, 2.75) is 57.7 Å². The van der Waals surface area contributed by atoms with E-state index in [-0.39, 0.29) is 5.54 Å². The fourth-order valence-corrected chi connectivity index (χ4v) is 3.41. The smallest absolute Gasteiger partial charge is 0.0336 e. The normalized spacial score (nSPS) is 16.7. The average Bonchev–Trinajstić information content (AvgIpc) is 3.08. The molecule has 0 atom stereocenters. The molecule has 0 aliphatic heterocycles. The summed E-state index contributed by atoms with van der Waals surface area (Å²) in [5, 5.41) is 2.17. The van der Waals surface area contributed by atoms with Gasteiger partial charge in [0.05, 0.1) is 0 Å². The minimum atomic E-state index is 0.213. The van der Waals surface area contributed by atoms with E-state index in [4.69, 9.17) is 5.73 Å². The predicted octanol–water partition coefficient (Wildman–Crippen LogP) is 3.23. The summed E-state index contributed by atoms with van der Waals surface area (Å²) < 4.78 is 0. The Morgan fingerprint density at radius 1 is 1.41 bits per heavy atom. The van der Waals surface area contributed by atoms with E-state index in [0.717, 1.165) is 32.0 Å². The van der Waals surface area contributed by atoms with Gasteiger partial charge in [-0.1, -0.05) is 19.9 Å². The molecule has 0 unspecified atom stereocenters. The van der Waals surface area contributed by atoms with E-state index >= 15 is 0 Å². The van der Waals surface area contributed by atoms with Crippen molar-refractivity contribution < 1.29 is 0 Å². The first-order chi connectivity index (χ1) is 8.25. The monoisotopic (exact) mass is 252 g/mol. The fraction of sp³-hybridized carbons (Fsp3) is 0.714. The minimum absolute atomic E-state index is 0.213. The van der Waals surface area contributed by atoms with Crippen molar-refractivity contribution in [3.05, 3.63) is 22.4 Å². The Balaban J connectivity index is 2.15. The highest BCUT2D eigenvalue weighted by atomic mass is 32.1. The summed E-state index contributed by atoms with van der Waals surface area (Å²) in [6, 6.07) is 5.17. The van der Waals surface area contributed by atoms with Crippen LogP contribution in [0, 0.1) is 0 Å². The molecule has 2 nitrogen and oxygen atoms in total. The molecule has 0 aromatic carbocycles. The number of hydrogen-bond acceptors (Lipinski definition) is 3. The Morgan fingerprint density at radius 2 is 2.12 bits per heavy atom. The van der Waals surface area contributed by atoms with Crippen LogP contribution >= 0.6 is 11.3 Å². The highest BCUT2D eigenvalue weighted by Crippen LogP contribution is 2.37. The van der Waals surface area contributed by atoms with Gasteiger partial charge in [0.1, 0.15) is 0 Å². The molecule has 1 aliphatic rings. The topological polar surface area (TPSA) is 29.3 Å². The van der Waals surface area contributed by atoms with Crippen LogP contribution < -0.4 is 5.73 Å². The Kier molecular flexibility index (Phi) is 4.23. The molecule has 1 saturated carbocycles. The molecule has 0 saturated heterocycles. The third-order valence-corrected chi connectivity index (χ3v) is 5.06. The van der Waals surface area contributed by atoms with E-state index in [1.807, 2.05) is 11.3 Å². The second-order valence-corrected chi connectivity index (χ2v) is 6.11. The summed E-state index contributed by atoms with van der Waals surface area (Å²) >= 11 is 1.86. The molecular weight excluding hydrogens is 228 g/mol. The third-order valence-electron chi connectivity index (χ3n) is 4.20. The quantitative estimate of drug-likeness (QED) is 0.807. The van der Waals surface area contributed by atoms with Crippen LogP contribution in [0.3, 0.4) is 0 Å². The summed E-state index contributed by atoms with van der Waals surface area (Å²) in [6.07, 6.45) is 5.02. The molecule has 1 aromatic rings. The largest absolute Gasteiger partial charge is 0.329 e. The van der Waals surface area contributed by atoms with Crippen LogP contribution in [-0.2, 0) is 6.54 Å². The van der Waals surface area contributed by atoms with Gasteiger partial charge in [0.2, 0.25) is 0 Å². The van der Waals surface area contributed by atoms with Gasteiger partial charge >= 0.3 is 0 Å². The zero-order valence-corrected chi connectivity index (χ0v) is 11.8. The SMILES string of the molecule is CCC(CC)(CN)N(Cc1cccs1)C1CC1. The van der Waals surface area contributed by atoms with Gasteiger partial charge in [-0.15, -0.1) is 11.3 Å². The summed E-state index contributed by atoms with van der Waals surface area (Å²) in [5.74, 6) is 0. The van der Waals surface area contributed by atoms with Crippen LogP contribution in [0.2, 0.25) is 0 Å². The number of rotatable bonds is 7. The van der Waals surface area contributed by atoms with Crippen molar-refractivity contribution in [2.24, 2.45) is 5.73 Å². The second-order valence-electron chi connectivity index (χ2n) is 5.07. The number of nitrogens with two attached hydrogens (primary N) is 1. The molecule has 2 N–H and O–H groups in total. The molecule has 0 spiro atoms. The van der Waals surface area contributed by atoms with Crippen molar-refractivity contribution in [1.29, 1.82) is 0 Å². The van der Waals surface area contributed by atoms with E-state index in [1.165, 1.54) is 17.7 Å². The molecular formula is C14H24N2S. The number of nitrogens with zero attached hydrogens (tertiary/aromatic N) is 1. The van der Waals surface area contributed by atoms with Gasteiger partial charge in [0.25, 0.3) is 0 Å². The fourth-order valence-electron chi connectivity index (χ4n) is 2.70. The lowest BCUT2D eigenvalue weighted by molar-refractivity contribution is 0.0689. The molecule has 2 rings (SSSR count). The molecule has 96 valence electrons. The molecule has 1 fully saturated rings. The van der Waals surface area contributed by atoms with E-state index in [9.17, 15) is 0 Å². The highest BCUT2D eigenvalue weighted by molar-refractivity contribution is 7.09. The molecule has 0 radical (unpaired) electrons. The van der Waals surface area contributed by atoms with Crippen LogP contribution in [-0.4, -0.2) is 23.0 Å². The van der Waals surface area contributed by atoms with Crippen LogP contribution in [0.25, 0.3) is 0 Å². The first kappa shape index (κ1) is 13.1. The Bertz CT molecular complexity index is 318. The molecule has 3 heteroatoms. The predicted molar refractivity (Wildman–Crippen MR) is 75.3 cm³/mol. The maximum absolute atomic E-state index is 6.09. The molecule has 0 bridgehead atoms. The van der Waals surface area contributed by atoms with Gasteiger partial charge in [-0.3, -0.25) is 4.90 Å². The first-order valence-electron chi connectivity index (χ1n) is 6.75. The lowest BCUT2D eigenvalue weighted by Gasteiger charge is -2.42. The third kappa shape index (κ3) is 2.72. The van der Waals surface area contributed by atoms with Crippen LogP contribution in [0.4, 0.5) is 0 Å². The van der Waals surface area contributed by atoms with Crippen molar-refractivity contribution >= 4 is 11.3 Å². The summed E-state index contributed by atoms with van der Waals surface area (Å²) in [6.45, 7) is 6.42. The summed E-state index contributed by atoms with van der Waals surface area (Å²) in [5.41, 5.74) is 6.30. The van der Waals surface area contributed by atoms with E-state index in [1.54, 1.807) is 0 Å². The van der Waals surface area contributed by atoms with Crippen LogP contribution in [0.15, 0.2) is 17.5 Å². The maximum Gasteiger partial charge on any atom is 0.0336 e. The summed E-state index contributed by atoms with van der Waals surface area (Å²) in [4.78, 5) is 4.15. The Hall–Kier alpha value is -0.380. The Labute approximate surface area is 109 Å². The zero-order chi connectivity index (χ0) is 12.3. The van der Waals surface area contributed by atoms with Crippen molar-refractivity contribution in [1.82, 2.24) is 4.90 Å². The van der Waals surface area contributed by atoms with Crippen molar-refractivity contribution in [3.63, 3.8) is 0 Å².